The summed E-state index contributed by atoms with van der Waals surface area (Å²) >= 11 is 0. The minimum absolute atomic E-state index is 0. The molecule has 0 aliphatic carbocycles. The molecule has 0 aromatic heterocycles. The molecule has 7 heteroatoms. The van der Waals surface area contributed by atoms with E-state index in [2.05, 4.69) is 41.4 Å². The Balaban J connectivity index is 0.00000196. The molecule has 3 rings (SSSR count). The second-order valence-electron chi connectivity index (χ2n) is 7.91. The fourth-order valence-electron chi connectivity index (χ4n) is 4.05. The molecule has 3 N–H and O–H groups in total. The van der Waals surface area contributed by atoms with Crippen molar-refractivity contribution < 1.29 is 9.53 Å². The van der Waals surface area contributed by atoms with Crippen molar-refractivity contribution in [1.82, 2.24) is 10.2 Å². The number of nitrogens with two attached hydrogens (primary N) is 1. The van der Waals surface area contributed by atoms with Crippen molar-refractivity contribution >= 4 is 30.7 Å². The third kappa shape index (κ3) is 6.33. The van der Waals surface area contributed by atoms with Gasteiger partial charge < -0.3 is 15.8 Å². The Bertz CT molecular complexity index is 592. The molecular formula is C21H35Cl2N3O2. The van der Waals surface area contributed by atoms with E-state index in [4.69, 9.17) is 10.5 Å². The van der Waals surface area contributed by atoms with Crippen molar-refractivity contribution in [3.8, 4) is 0 Å². The average Bonchev–Trinajstić information content (AvgIpc) is 2.69. The van der Waals surface area contributed by atoms with E-state index < -0.39 is 5.41 Å². The van der Waals surface area contributed by atoms with Crippen LogP contribution in [0.2, 0.25) is 0 Å². The molecule has 0 radical (unpaired) electrons. The lowest BCUT2D eigenvalue weighted by atomic mass is 9.79. The molecule has 2 heterocycles. The first-order chi connectivity index (χ1) is 12.6. The number of carbonyl (C=O) groups excluding carboxylic acids is 1. The monoisotopic (exact) mass is 431 g/mol. The van der Waals surface area contributed by atoms with Gasteiger partial charge in [0, 0.05) is 38.9 Å². The summed E-state index contributed by atoms with van der Waals surface area (Å²) in [6.45, 7) is 6.72. The van der Waals surface area contributed by atoms with Crippen LogP contribution in [0.25, 0.3) is 0 Å². The molecule has 28 heavy (non-hydrogen) atoms. The number of rotatable bonds is 6. The molecule has 160 valence electrons. The van der Waals surface area contributed by atoms with Gasteiger partial charge in [-0.3, -0.25) is 9.69 Å². The molecule has 1 atom stereocenters. The van der Waals surface area contributed by atoms with Gasteiger partial charge in [0.05, 0.1) is 5.41 Å². The van der Waals surface area contributed by atoms with E-state index in [0.717, 1.165) is 12.1 Å². The number of halogens is 2. The summed E-state index contributed by atoms with van der Waals surface area (Å²) in [5, 5.41) is 3.08. The first-order valence-electron chi connectivity index (χ1n) is 10.0. The number of ether oxygens (including phenoxy) is 1. The normalized spacial score (nSPS) is 21.9. The van der Waals surface area contributed by atoms with Crippen LogP contribution in [0.15, 0.2) is 24.3 Å². The highest BCUT2D eigenvalue weighted by Gasteiger charge is 2.38. The zero-order chi connectivity index (χ0) is 18.4. The van der Waals surface area contributed by atoms with Crippen molar-refractivity contribution in [1.29, 1.82) is 0 Å². The van der Waals surface area contributed by atoms with E-state index in [1.807, 2.05) is 0 Å². The van der Waals surface area contributed by atoms with Crippen LogP contribution < -0.4 is 11.1 Å². The van der Waals surface area contributed by atoms with Gasteiger partial charge in [0.25, 0.3) is 0 Å². The quantitative estimate of drug-likeness (QED) is 0.724. The van der Waals surface area contributed by atoms with Gasteiger partial charge in [0.15, 0.2) is 0 Å². The van der Waals surface area contributed by atoms with Gasteiger partial charge in [-0.1, -0.05) is 30.7 Å². The first-order valence-corrected chi connectivity index (χ1v) is 10.0. The van der Waals surface area contributed by atoms with Crippen molar-refractivity contribution in [3.05, 3.63) is 35.4 Å². The number of carbonyl (C=O) groups is 1. The molecule has 1 aromatic carbocycles. The third-order valence-corrected chi connectivity index (χ3v) is 6.12. The molecule has 2 fully saturated rings. The van der Waals surface area contributed by atoms with Crippen LogP contribution in [-0.2, 0) is 22.6 Å². The predicted octanol–water partition coefficient (Wildman–Crippen LogP) is 3.28. The molecule has 1 aromatic rings. The molecule has 2 aliphatic rings. The topological polar surface area (TPSA) is 67.6 Å². The second-order valence-corrected chi connectivity index (χ2v) is 7.91. The number of hydrogen-bond donors (Lipinski definition) is 2. The summed E-state index contributed by atoms with van der Waals surface area (Å²) in [6.07, 6.45) is 5.39. The van der Waals surface area contributed by atoms with Gasteiger partial charge in [-0.15, -0.1) is 24.8 Å². The van der Waals surface area contributed by atoms with E-state index in [9.17, 15) is 4.79 Å². The Hall–Kier alpha value is -0.850. The molecule has 0 spiro atoms. The molecule has 1 unspecified atom stereocenters. The lowest BCUT2D eigenvalue weighted by Crippen LogP contribution is -2.48. The molecule has 1 amide bonds. The SMILES string of the molecule is CC1CCCCN1Cc1ccc(CNC(=O)C2(CN)CCOCC2)cc1.Cl.Cl. The maximum atomic E-state index is 12.6. The highest BCUT2D eigenvalue weighted by Crippen LogP contribution is 2.29. The molecule has 2 saturated heterocycles. The van der Waals surface area contributed by atoms with Gasteiger partial charge in [-0.2, -0.15) is 0 Å². The van der Waals surface area contributed by atoms with Crippen LogP contribution in [0.4, 0.5) is 0 Å². The number of amides is 1. The van der Waals surface area contributed by atoms with Crippen molar-refractivity contribution in [2.75, 3.05) is 26.3 Å². The molecule has 5 nitrogen and oxygen atoms in total. The lowest BCUT2D eigenvalue weighted by Gasteiger charge is -2.34. The lowest BCUT2D eigenvalue weighted by molar-refractivity contribution is -0.136. The maximum Gasteiger partial charge on any atom is 0.227 e. The fourth-order valence-corrected chi connectivity index (χ4v) is 4.05. The van der Waals surface area contributed by atoms with Gasteiger partial charge in [0.1, 0.15) is 0 Å². The fraction of sp³-hybridized carbons (Fsp3) is 0.667. The predicted molar refractivity (Wildman–Crippen MR) is 118 cm³/mol. The number of benzene rings is 1. The number of hydrogen-bond acceptors (Lipinski definition) is 4. The van der Waals surface area contributed by atoms with E-state index >= 15 is 0 Å². The Morgan fingerprint density at radius 3 is 2.43 bits per heavy atom. The highest BCUT2D eigenvalue weighted by atomic mass is 35.5. The number of nitrogens with one attached hydrogen (secondary N) is 1. The first kappa shape index (κ1) is 25.2. The van der Waals surface area contributed by atoms with Gasteiger partial charge in [-0.25, -0.2) is 0 Å². The van der Waals surface area contributed by atoms with Crippen LogP contribution in [0.3, 0.4) is 0 Å². The smallest absolute Gasteiger partial charge is 0.227 e. The van der Waals surface area contributed by atoms with Crippen LogP contribution in [0, 0.1) is 5.41 Å². The van der Waals surface area contributed by atoms with Crippen LogP contribution in [0.5, 0.6) is 0 Å². The summed E-state index contributed by atoms with van der Waals surface area (Å²) in [5.74, 6) is 0.0644. The Morgan fingerprint density at radius 1 is 1.18 bits per heavy atom. The second kappa shape index (κ2) is 12.0. The Kier molecular flexibility index (Phi) is 10.8. The average molecular weight is 432 g/mol. The standard InChI is InChI=1S/C21H33N3O2.2ClH/c1-17-4-2-3-11-24(17)15-19-7-5-18(6-8-19)14-23-20(25)21(16-22)9-12-26-13-10-21;;/h5-8,17H,2-4,9-16,22H2,1H3,(H,23,25);2*1H. The number of likely N-dealkylation sites (tertiary alicyclic amines) is 1. The summed E-state index contributed by atoms with van der Waals surface area (Å²) in [6, 6.07) is 9.31. The zero-order valence-corrected chi connectivity index (χ0v) is 18.5. The Morgan fingerprint density at radius 2 is 1.82 bits per heavy atom. The van der Waals surface area contributed by atoms with Gasteiger partial charge >= 0.3 is 0 Å². The minimum atomic E-state index is -0.456. The summed E-state index contributed by atoms with van der Waals surface area (Å²) in [4.78, 5) is 15.2. The minimum Gasteiger partial charge on any atom is -0.381 e. The van der Waals surface area contributed by atoms with E-state index in [1.54, 1.807) is 0 Å². The molecular weight excluding hydrogens is 397 g/mol. The summed E-state index contributed by atoms with van der Waals surface area (Å²) in [7, 11) is 0. The maximum absolute atomic E-state index is 12.6. The molecule has 2 aliphatic heterocycles. The number of nitrogens with zero attached hydrogens (tertiary/aromatic N) is 1. The van der Waals surface area contributed by atoms with Gasteiger partial charge in [-0.05, 0) is 50.3 Å². The highest BCUT2D eigenvalue weighted by molar-refractivity contribution is 5.85. The summed E-state index contributed by atoms with van der Waals surface area (Å²) in [5.41, 5.74) is 7.93. The van der Waals surface area contributed by atoms with E-state index in [0.29, 0.717) is 45.2 Å². The van der Waals surface area contributed by atoms with E-state index in [-0.39, 0.29) is 30.7 Å². The van der Waals surface area contributed by atoms with Crippen molar-refractivity contribution in [2.24, 2.45) is 11.1 Å². The largest absolute Gasteiger partial charge is 0.381 e. The van der Waals surface area contributed by atoms with Crippen molar-refractivity contribution in [2.45, 2.75) is 58.2 Å². The van der Waals surface area contributed by atoms with E-state index in [1.165, 1.54) is 31.4 Å². The molecule has 0 saturated carbocycles. The van der Waals surface area contributed by atoms with Gasteiger partial charge in [0.2, 0.25) is 5.91 Å². The molecule has 0 bridgehead atoms. The van der Waals surface area contributed by atoms with Crippen LogP contribution >= 0.6 is 24.8 Å². The van der Waals surface area contributed by atoms with Crippen molar-refractivity contribution in [3.63, 3.8) is 0 Å². The van der Waals surface area contributed by atoms with Crippen LogP contribution in [0.1, 0.15) is 50.2 Å². The zero-order valence-electron chi connectivity index (χ0n) is 16.8. The van der Waals surface area contributed by atoms with Crippen LogP contribution in [-0.4, -0.2) is 43.2 Å². The third-order valence-electron chi connectivity index (χ3n) is 6.12. The summed E-state index contributed by atoms with van der Waals surface area (Å²) < 4.78 is 5.38. The number of piperidine rings is 1. The Labute approximate surface area is 181 Å².